The highest BCUT2D eigenvalue weighted by Gasteiger charge is 2.27. The smallest absolute Gasteiger partial charge is 0.137 e. The fraction of sp³-hybridized carbons (Fsp3) is 0.246. The van der Waals surface area contributed by atoms with Gasteiger partial charge < -0.3 is 18.6 Å². The second kappa shape index (κ2) is 16.9. The van der Waals surface area contributed by atoms with E-state index in [1.165, 1.54) is 92.7 Å². The molecule has 3 aromatic heterocycles. The zero-order valence-corrected chi connectivity index (χ0v) is 48.8. The molecule has 9 aromatic carbocycles. The molecule has 0 fully saturated rings. The van der Waals surface area contributed by atoms with E-state index in [4.69, 9.17) is 4.42 Å². The Labute approximate surface area is 445 Å². The van der Waals surface area contributed by atoms with Gasteiger partial charge in [-0.15, -0.1) is 0 Å². The van der Waals surface area contributed by atoms with E-state index in [0.717, 1.165) is 50.4 Å². The quantitative estimate of drug-likeness (QED) is 0.142. The molecule has 3 heterocycles. The summed E-state index contributed by atoms with van der Waals surface area (Å²) in [5.41, 5.74) is 18.7. The van der Waals surface area contributed by atoms with Crippen LogP contribution in [0, 0.1) is 20.8 Å². The van der Waals surface area contributed by atoms with Gasteiger partial charge in [0, 0.05) is 72.5 Å². The Morgan fingerprint density at radius 2 is 0.853 bits per heavy atom. The molecule has 0 amide bonds. The van der Waals surface area contributed by atoms with Crippen LogP contribution in [0.4, 0.5) is 34.1 Å². The number of rotatable bonds is 8. The van der Waals surface area contributed by atoms with Crippen LogP contribution in [0.1, 0.15) is 69.4 Å². The van der Waals surface area contributed by atoms with Crippen LogP contribution in [-0.2, 0) is 10.8 Å². The van der Waals surface area contributed by atoms with E-state index in [1.54, 1.807) is 0 Å². The Kier molecular flexibility index (Phi) is 11.0. The highest BCUT2D eigenvalue weighted by Crippen LogP contribution is 2.47. The highest BCUT2D eigenvalue weighted by molar-refractivity contribution is 6.89. The minimum atomic E-state index is -1.51. The van der Waals surface area contributed by atoms with Gasteiger partial charge in [-0.3, -0.25) is 0 Å². The van der Waals surface area contributed by atoms with Crippen molar-refractivity contribution in [2.24, 2.45) is 0 Å². The van der Waals surface area contributed by atoms with E-state index in [9.17, 15) is 0 Å². The second-order valence-electron chi connectivity index (χ2n) is 25.9. The van der Waals surface area contributed by atoms with E-state index in [-0.39, 0.29) is 10.8 Å². The number of benzene rings is 9. The van der Waals surface area contributed by atoms with E-state index in [2.05, 4.69) is 274 Å². The van der Waals surface area contributed by atoms with Gasteiger partial charge in [0.2, 0.25) is 0 Å². The van der Waals surface area contributed by atoms with Gasteiger partial charge in [-0.1, -0.05) is 140 Å². The molecule has 0 saturated carbocycles. The van der Waals surface area contributed by atoms with Crippen molar-refractivity contribution in [2.45, 2.75) is 112 Å². The highest BCUT2D eigenvalue weighted by atomic mass is 28.3. The molecule has 75 heavy (non-hydrogen) atoms. The lowest BCUT2D eigenvalue weighted by atomic mass is 9.85. The molecule has 12 aromatic rings. The van der Waals surface area contributed by atoms with Crippen LogP contribution >= 0.6 is 0 Å². The lowest BCUT2D eigenvalue weighted by Gasteiger charge is -2.29. The van der Waals surface area contributed by atoms with Crippen molar-refractivity contribution in [3.05, 3.63) is 186 Å². The van der Waals surface area contributed by atoms with Crippen LogP contribution in [0.3, 0.4) is 0 Å². The topological polar surface area (TPSA) is 24.0 Å². The maximum Gasteiger partial charge on any atom is 0.137 e. The number of aryl methyl sites for hydroxylation is 3. The predicted octanol–water partition coefficient (Wildman–Crippen LogP) is 19.4. The van der Waals surface area contributed by atoms with Crippen molar-refractivity contribution in [3.63, 3.8) is 0 Å². The zero-order chi connectivity index (χ0) is 52.8. The molecule has 0 atom stereocenters. The number of furan rings is 1. The summed E-state index contributed by atoms with van der Waals surface area (Å²) in [4.78, 5) is 4.87. The first-order chi connectivity index (χ1) is 35.4. The number of fused-ring (bicyclic) bond motifs is 11. The van der Waals surface area contributed by atoms with E-state index >= 15 is 0 Å². The van der Waals surface area contributed by atoms with Crippen molar-refractivity contribution >= 4 is 131 Å². The minimum Gasteiger partial charge on any atom is -0.456 e. The van der Waals surface area contributed by atoms with E-state index < -0.39 is 16.1 Å². The molecule has 0 N–H and O–H groups in total. The normalized spacial score (nSPS) is 13.0. The van der Waals surface area contributed by atoms with Gasteiger partial charge >= 0.3 is 0 Å². The Morgan fingerprint density at radius 3 is 1.41 bits per heavy atom. The minimum absolute atomic E-state index is 0.00377. The monoisotopic (exact) mass is 1010 g/mol. The van der Waals surface area contributed by atoms with Crippen molar-refractivity contribution in [1.29, 1.82) is 0 Å². The third-order valence-corrected chi connectivity index (χ3v) is 20.1. The van der Waals surface area contributed by atoms with Crippen molar-refractivity contribution in [3.8, 4) is 0 Å². The molecular formula is C69H71N3OSi2. The SMILES string of the molecule is Cc1cc(C)cc(N(c2ccc([Si](C)(C)C)cc2)c2ccc3c4cc(C(C)(C)C)cc5c6cc7ccc8oc9cc(N(c%10ccc([Si](C)(C)C)cc%10)c%10cc(C)cc(C(C)(C)C)c%10)ccc9c8c7cc6n(c3c2)c45)c1. The fourth-order valence-electron chi connectivity index (χ4n) is 11.8. The molecule has 0 aliphatic heterocycles. The number of nitrogens with zero attached hydrogens (tertiary/aromatic N) is 3. The molecule has 0 aliphatic carbocycles. The number of anilines is 6. The standard InChI is InChI=1S/C69H71N3OSi2/c1-42-30-43(2)33-52(32-42)70(48-17-23-54(24-18-48)74(10,11)12)50-21-27-56-60-37-47(69(7,8)9)38-61-59-35-45-16-29-64-66(58(45)41-63(59)72(67(60)61)62(56)39-50)57-28-22-51(40-65(57)73-64)71(49-19-25-55(26-20-49)75(13,14)15)53-34-44(3)31-46(36-53)68(4,5)6/h16-41H,1-15H3. The van der Waals surface area contributed by atoms with Gasteiger partial charge in [-0.2, -0.15) is 0 Å². The molecule has 12 rings (SSSR count). The third-order valence-electron chi connectivity index (χ3n) is 15.9. The van der Waals surface area contributed by atoms with Gasteiger partial charge in [-0.05, 0) is 173 Å². The van der Waals surface area contributed by atoms with Crippen LogP contribution in [0.2, 0.25) is 39.3 Å². The lowest BCUT2D eigenvalue weighted by molar-refractivity contribution is 0.590. The number of hydrogen-bond acceptors (Lipinski definition) is 3. The molecule has 0 bridgehead atoms. The Morgan fingerprint density at radius 1 is 0.373 bits per heavy atom. The van der Waals surface area contributed by atoms with Crippen molar-refractivity contribution < 1.29 is 4.42 Å². The van der Waals surface area contributed by atoms with Gasteiger partial charge in [0.1, 0.15) is 11.2 Å². The van der Waals surface area contributed by atoms with Crippen molar-refractivity contribution in [1.82, 2.24) is 4.40 Å². The Hall–Kier alpha value is -7.13. The Balaban J connectivity index is 1.08. The van der Waals surface area contributed by atoms with Crippen LogP contribution in [0.15, 0.2) is 162 Å². The van der Waals surface area contributed by atoms with Crippen LogP contribution in [0.25, 0.3) is 70.8 Å². The van der Waals surface area contributed by atoms with E-state index in [0.29, 0.717) is 0 Å². The zero-order valence-electron chi connectivity index (χ0n) is 46.8. The maximum absolute atomic E-state index is 6.97. The van der Waals surface area contributed by atoms with Crippen LogP contribution in [-0.4, -0.2) is 20.5 Å². The summed E-state index contributed by atoms with van der Waals surface area (Å²) >= 11 is 0. The molecule has 0 saturated heterocycles. The average Bonchev–Trinajstić information content (AvgIpc) is 4.05. The van der Waals surface area contributed by atoms with E-state index in [1.807, 2.05) is 0 Å². The summed E-state index contributed by atoms with van der Waals surface area (Å²) in [6, 6.07) is 60.9. The Bertz CT molecular complexity index is 4220. The molecule has 0 radical (unpaired) electrons. The number of aromatic nitrogens is 1. The lowest BCUT2D eigenvalue weighted by Crippen LogP contribution is -2.37. The van der Waals surface area contributed by atoms with Gasteiger partial charge in [0.25, 0.3) is 0 Å². The summed E-state index contributed by atoms with van der Waals surface area (Å²) in [6.45, 7) is 35.1. The fourth-order valence-corrected chi connectivity index (χ4v) is 14.2. The molecule has 376 valence electrons. The summed E-state index contributed by atoms with van der Waals surface area (Å²) in [7, 11) is -3.01. The van der Waals surface area contributed by atoms with Crippen molar-refractivity contribution in [2.75, 3.05) is 9.80 Å². The first-order valence-electron chi connectivity index (χ1n) is 27.0. The number of hydrogen-bond donors (Lipinski definition) is 0. The second-order valence-corrected chi connectivity index (χ2v) is 36.1. The molecule has 0 aliphatic rings. The summed E-state index contributed by atoms with van der Waals surface area (Å²) in [6.07, 6.45) is 0. The largest absolute Gasteiger partial charge is 0.456 e. The summed E-state index contributed by atoms with van der Waals surface area (Å²) < 4.78 is 9.54. The third kappa shape index (κ3) is 8.32. The van der Waals surface area contributed by atoms with Crippen LogP contribution in [0.5, 0.6) is 0 Å². The summed E-state index contributed by atoms with van der Waals surface area (Å²) in [5, 5.41) is 12.7. The van der Waals surface area contributed by atoms with Gasteiger partial charge in [-0.25, -0.2) is 0 Å². The molecule has 6 heteroatoms. The summed E-state index contributed by atoms with van der Waals surface area (Å²) in [5.74, 6) is 0. The molecule has 0 unspecified atom stereocenters. The maximum atomic E-state index is 6.97. The first-order valence-corrected chi connectivity index (χ1v) is 34.0. The molecule has 0 spiro atoms. The van der Waals surface area contributed by atoms with Gasteiger partial charge in [0.15, 0.2) is 0 Å². The molecule has 4 nitrogen and oxygen atoms in total. The van der Waals surface area contributed by atoms with Gasteiger partial charge in [0.05, 0.1) is 32.7 Å². The first kappa shape index (κ1) is 48.8. The average molecular weight is 1010 g/mol. The van der Waals surface area contributed by atoms with Crippen LogP contribution < -0.4 is 20.2 Å². The predicted molar refractivity (Wildman–Crippen MR) is 333 cm³/mol. The molecular weight excluding hydrogens is 943 g/mol.